The third kappa shape index (κ3) is 3.03. The number of thiazole rings is 1. The monoisotopic (exact) mass is 240 g/mol. The van der Waals surface area contributed by atoms with E-state index < -0.39 is 0 Å². The van der Waals surface area contributed by atoms with Gasteiger partial charge in [0.25, 0.3) is 0 Å². The van der Waals surface area contributed by atoms with Gasteiger partial charge in [-0.05, 0) is 32.7 Å². The van der Waals surface area contributed by atoms with Gasteiger partial charge in [-0.15, -0.1) is 11.3 Å². The van der Waals surface area contributed by atoms with Gasteiger partial charge in [0.2, 0.25) is 0 Å². The van der Waals surface area contributed by atoms with Crippen molar-refractivity contribution in [2.75, 3.05) is 13.1 Å². The lowest BCUT2D eigenvalue weighted by atomic mass is 9.96. The third-order valence-electron chi connectivity index (χ3n) is 3.03. The molecule has 1 fully saturated rings. The molecule has 1 aromatic heterocycles. The summed E-state index contributed by atoms with van der Waals surface area (Å²) in [6, 6.07) is 0. The van der Waals surface area contributed by atoms with Crippen molar-refractivity contribution >= 4 is 11.3 Å². The molecule has 2 rings (SSSR count). The first kappa shape index (κ1) is 12.0. The number of ether oxygens (including phenoxy) is 1. The van der Waals surface area contributed by atoms with E-state index in [9.17, 15) is 0 Å². The Morgan fingerprint density at radius 2 is 2.50 bits per heavy atom. The van der Waals surface area contributed by atoms with E-state index in [-0.39, 0.29) is 5.60 Å². The Hall–Kier alpha value is -0.450. The molecule has 1 unspecified atom stereocenters. The van der Waals surface area contributed by atoms with Crippen LogP contribution in [0.5, 0.6) is 0 Å². The number of rotatable bonds is 4. The van der Waals surface area contributed by atoms with E-state index >= 15 is 0 Å². The van der Waals surface area contributed by atoms with Crippen LogP contribution in [0.15, 0.2) is 5.38 Å². The summed E-state index contributed by atoms with van der Waals surface area (Å²) >= 11 is 1.73. The van der Waals surface area contributed by atoms with Gasteiger partial charge in [0.05, 0.1) is 22.9 Å². The Kier molecular flexibility index (Phi) is 3.95. The van der Waals surface area contributed by atoms with Crippen LogP contribution in [-0.4, -0.2) is 23.7 Å². The maximum absolute atomic E-state index is 6.00. The van der Waals surface area contributed by atoms with Crippen LogP contribution in [0.2, 0.25) is 0 Å². The number of aryl methyl sites for hydroxylation is 1. The Morgan fingerprint density at radius 1 is 1.62 bits per heavy atom. The smallest absolute Gasteiger partial charge is 0.0926 e. The highest BCUT2D eigenvalue weighted by molar-refractivity contribution is 7.09. The highest BCUT2D eigenvalue weighted by Gasteiger charge is 2.27. The summed E-state index contributed by atoms with van der Waals surface area (Å²) < 4.78 is 6.00. The predicted molar refractivity (Wildman–Crippen MR) is 66.8 cm³/mol. The minimum atomic E-state index is -0.00571. The number of nitrogens with one attached hydrogen (secondary N) is 1. The van der Waals surface area contributed by atoms with Gasteiger partial charge < -0.3 is 10.1 Å². The molecule has 1 aliphatic heterocycles. The highest BCUT2D eigenvalue weighted by atomic mass is 32.1. The molecule has 1 atom stereocenters. The quantitative estimate of drug-likeness (QED) is 0.877. The molecule has 1 aliphatic rings. The minimum Gasteiger partial charge on any atom is -0.368 e. The van der Waals surface area contributed by atoms with E-state index in [1.54, 1.807) is 11.3 Å². The third-order valence-corrected chi connectivity index (χ3v) is 4.07. The van der Waals surface area contributed by atoms with Crippen LogP contribution < -0.4 is 5.32 Å². The molecule has 0 spiro atoms. The molecule has 4 heteroatoms. The normalized spacial score (nSPS) is 25.9. The summed E-state index contributed by atoms with van der Waals surface area (Å²) in [5.41, 5.74) is 1.07. The summed E-state index contributed by atoms with van der Waals surface area (Å²) in [5, 5.41) is 6.69. The molecule has 0 radical (unpaired) electrons. The van der Waals surface area contributed by atoms with Crippen molar-refractivity contribution in [1.82, 2.24) is 10.3 Å². The highest BCUT2D eigenvalue weighted by Crippen LogP contribution is 2.22. The van der Waals surface area contributed by atoms with Gasteiger partial charge in [-0.2, -0.15) is 0 Å². The summed E-state index contributed by atoms with van der Waals surface area (Å²) in [7, 11) is 0. The number of aromatic nitrogens is 1. The van der Waals surface area contributed by atoms with Crippen LogP contribution in [0.25, 0.3) is 0 Å². The Balaban J connectivity index is 1.86. The van der Waals surface area contributed by atoms with Crippen molar-refractivity contribution < 1.29 is 4.74 Å². The molecule has 90 valence electrons. The zero-order valence-corrected chi connectivity index (χ0v) is 10.9. The summed E-state index contributed by atoms with van der Waals surface area (Å²) in [4.78, 5) is 4.52. The first-order valence-electron chi connectivity index (χ1n) is 6.00. The lowest BCUT2D eigenvalue weighted by Crippen LogP contribution is -2.45. The average molecular weight is 240 g/mol. The van der Waals surface area contributed by atoms with Crippen molar-refractivity contribution in [3.63, 3.8) is 0 Å². The first-order valence-corrected chi connectivity index (χ1v) is 6.88. The number of piperidine rings is 1. The Labute approximate surface area is 101 Å². The van der Waals surface area contributed by atoms with Gasteiger partial charge in [0.1, 0.15) is 0 Å². The molecule has 1 N–H and O–H groups in total. The molecule has 3 nitrogen and oxygen atoms in total. The van der Waals surface area contributed by atoms with E-state index in [4.69, 9.17) is 4.74 Å². The maximum atomic E-state index is 6.00. The standard InChI is InChI=1S/C12H20N2OS/c1-3-11-14-10(8-16-11)7-15-12(2)5-4-6-13-9-12/h8,13H,3-7,9H2,1-2H3. The number of hydrogen-bond acceptors (Lipinski definition) is 4. The van der Waals surface area contributed by atoms with Crippen molar-refractivity contribution in [2.24, 2.45) is 0 Å². The predicted octanol–water partition coefficient (Wildman–Crippen LogP) is 2.36. The van der Waals surface area contributed by atoms with E-state index in [1.165, 1.54) is 11.4 Å². The van der Waals surface area contributed by atoms with Gasteiger partial charge in [0, 0.05) is 11.9 Å². The van der Waals surface area contributed by atoms with Crippen molar-refractivity contribution in [3.8, 4) is 0 Å². The summed E-state index contributed by atoms with van der Waals surface area (Å²) in [5.74, 6) is 0. The topological polar surface area (TPSA) is 34.1 Å². The summed E-state index contributed by atoms with van der Waals surface area (Å²) in [6.07, 6.45) is 3.36. The van der Waals surface area contributed by atoms with E-state index in [2.05, 4.69) is 29.5 Å². The van der Waals surface area contributed by atoms with Crippen LogP contribution in [-0.2, 0) is 17.8 Å². The van der Waals surface area contributed by atoms with Crippen molar-refractivity contribution in [3.05, 3.63) is 16.1 Å². The van der Waals surface area contributed by atoms with E-state index in [1.807, 2.05) is 0 Å². The van der Waals surface area contributed by atoms with Crippen LogP contribution in [0.1, 0.15) is 37.4 Å². The second-order valence-electron chi connectivity index (χ2n) is 4.61. The SMILES string of the molecule is CCc1nc(COC2(C)CCCNC2)cs1. The van der Waals surface area contributed by atoms with Crippen LogP contribution in [0.4, 0.5) is 0 Å². The molecule has 0 amide bonds. The van der Waals surface area contributed by atoms with Gasteiger partial charge in [-0.3, -0.25) is 0 Å². The van der Waals surface area contributed by atoms with Gasteiger partial charge >= 0.3 is 0 Å². The second-order valence-corrected chi connectivity index (χ2v) is 5.55. The van der Waals surface area contributed by atoms with E-state index in [0.717, 1.165) is 31.6 Å². The molecule has 1 aromatic rings. The maximum Gasteiger partial charge on any atom is 0.0926 e. The van der Waals surface area contributed by atoms with Gasteiger partial charge in [0.15, 0.2) is 0 Å². The summed E-state index contributed by atoms with van der Waals surface area (Å²) in [6.45, 7) is 7.05. The molecule has 2 heterocycles. The van der Waals surface area contributed by atoms with Gasteiger partial charge in [-0.25, -0.2) is 4.98 Å². The molecular formula is C12H20N2OS. The lowest BCUT2D eigenvalue weighted by Gasteiger charge is -2.33. The molecule has 0 bridgehead atoms. The fourth-order valence-corrected chi connectivity index (χ4v) is 2.71. The fourth-order valence-electron chi connectivity index (χ4n) is 1.98. The molecular weight excluding hydrogens is 220 g/mol. The van der Waals surface area contributed by atoms with Crippen LogP contribution in [0.3, 0.4) is 0 Å². The second kappa shape index (κ2) is 5.25. The van der Waals surface area contributed by atoms with E-state index in [0.29, 0.717) is 6.61 Å². The molecule has 0 saturated carbocycles. The van der Waals surface area contributed by atoms with Crippen molar-refractivity contribution in [2.45, 2.75) is 45.3 Å². The van der Waals surface area contributed by atoms with Gasteiger partial charge in [-0.1, -0.05) is 6.92 Å². The lowest BCUT2D eigenvalue weighted by molar-refractivity contribution is -0.0582. The minimum absolute atomic E-state index is 0.00571. The van der Waals surface area contributed by atoms with Crippen LogP contribution >= 0.6 is 11.3 Å². The van der Waals surface area contributed by atoms with Crippen molar-refractivity contribution in [1.29, 1.82) is 0 Å². The first-order chi connectivity index (χ1) is 7.72. The molecule has 16 heavy (non-hydrogen) atoms. The zero-order chi connectivity index (χ0) is 11.4. The molecule has 0 aromatic carbocycles. The zero-order valence-electron chi connectivity index (χ0n) is 10.1. The largest absolute Gasteiger partial charge is 0.368 e. The Morgan fingerprint density at radius 3 is 3.12 bits per heavy atom. The number of hydrogen-bond donors (Lipinski definition) is 1. The fraction of sp³-hybridized carbons (Fsp3) is 0.750. The van der Waals surface area contributed by atoms with Crippen LogP contribution in [0, 0.1) is 0 Å². The molecule has 1 saturated heterocycles. The molecule has 0 aliphatic carbocycles. The number of nitrogens with zero attached hydrogens (tertiary/aromatic N) is 1. The average Bonchev–Trinajstić information content (AvgIpc) is 2.75. The Bertz CT molecular complexity index is 332.